The van der Waals surface area contributed by atoms with Gasteiger partial charge in [0.05, 0.1) is 16.7 Å². The lowest BCUT2D eigenvalue weighted by molar-refractivity contribution is -0.385. The van der Waals surface area contributed by atoms with E-state index in [4.69, 9.17) is 5.11 Å². The smallest absolute Gasteiger partial charge is 0.342 e. The van der Waals surface area contributed by atoms with E-state index in [1.165, 1.54) is 0 Å². The van der Waals surface area contributed by atoms with Crippen molar-refractivity contribution in [1.29, 1.82) is 0 Å². The number of carboxylic acid groups (broad SMARTS) is 1. The zero-order valence-corrected chi connectivity index (χ0v) is 11.6. The minimum Gasteiger partial charge on any atom is -0.477 e. The summed E-state index contributed by atoms with van der Waals surface area (Å²) in [5.74, 6) is -2.20. The van der Waals surface area contributed by atoms with Crippen molar-refractivity contribution in [3.8, 4) is 0 Å². The Kier molecular flexibility index (Phi) is 4.37. The van der Waals surface area contributed by atoms with Gasteiger partial charge in [0.15, 0.2) is 5.82 Å². The third kappa shape index (κ3) is 3.10. The molecule has 1 aromatic carbocycles. The molecule has 0 unspecified atom stereocenters. The summed E-state index contributed by atoms with van der Waals surface area (Å²) >= 11 is 0. The maximum atomic E-state index is 14.1. The molecule has 1 aliphatic heterocycles. The number of nitro benzene ring substituents is 1. The molecule has 0 spiro atoms. The molecule has 1 aromatic rings. The molecule has 2 rings (SSSR count). The predicted molar refractivity (Wildman–Crippen MR) is 74.3 cm³/mol. The first-order valence-corrected chi connectivity index (χ1v) is 6.62. The Morgan fingerprint density at radius 1 is 1.38 bits per heavy atom. The van der Waals surface area contributed by atoms with Gasteiger partial charge in [0, 0.05) is 26.2 Å². The molecule has 0 saturated carbocycles. The van der Waals surface area contributed by atoms with Crippen molar-refractivity contribution in [2.24, 2.45) is 0 Å². The molecule has 114 valence electrons. The minimum atomic E-state index is -1.44. The molecule has 21 heavy (non-hydrogen) atoms. The van der Waals surface area contributed by atoms with Crippen molar-refractivity contribution < 1.29 is 19.2 Å². The van der Waals surface area contributed by atoms with Crippen LogP contribution in [-0.2, 0) is 0 Å². The fraction of sp³-hybridized carbons (Fsp3) is 0.462. The van der Waals surface area contributed by atoms with Gasteiger partial charge < -0.3 is 14.9 Å². The van der Waals surface area contributed by atoms with Gasteiger partial charge in [-0.2, -0.15) is 0 Å². The lowest BCUT2D eigenvalue weighted by Gasteiger charge is -2.35. The first kappa shape index (κ1) is 15.2. The Morgan fingerprint density at radius 3 is 2.48 bits per heavy atom. The SMILES string of the molecule is CCN1CCN(c2cc(C(=O)O)c([N+](=O)[O-])cc2F)CC1. The number of halogens is 1. The number of rotatable bonds is 4. The molecule has 1 fully saturated rings. The summed E-state index contributed by atoms with van der Waals surface area (Å²) in [6.07, 6.45) is 0. The normalized spacial score (nSPS) is 16.0. The van der Waals surface area contributed by atoms with Gasteiger partial charge in [-0.25, -0.2) is 9.18 Å². The molecule has 1 saturated heterocycles. The Hall–Kier alpha value is -2.22. The summed E-state index contributed by atoms with van der Waals surface area (Å²) < 4.78 is 14.1. The monoisotopic (exact) mass is 297 g/mol. The highest BCUT2D eigenvalue weighted by Gasteiger charge is 2.26. The number of hydrogen-bond acceptors (Lipinski definition) is 5. The second kappa shape index (κ2) is 6.04. The number of aromatic carboxylic acids is 1. The number of nitrogens with zero attached hydrogens (tertiary/aromatic N) is 3. The summed E-state index contributed by atoms with van der Waals surface area (Å²) in [6.45, 7) is 5.54. The minimum absolute atomic E-state index is 0.105. The van der Waals surface area contributed by atoms with Crippen LogP contribution in [0.2, 0.25) is 0 Å². The molecule has 0 aromatic heterocycles. The largest absolute Gasteiger partial charge is 0.477 e. The molecular weight excluding hydrogens is 281 g/mol. The van der Waals surface area contributed by atoms with Gasteiger partial charge in [0.25, 0.3) is 5.69 Å². The molecule has 0 radical (unpaired) electrons. The highest BCUT2D eigenvalue weighted by atomic mass is 19.1. The zero-order valence-electron chi connectivity index (χ0n) is 11.6. The quantitative estimate of drug-likeness (QED) is 0.670. The Balaban J connectivity index is 2.34. The number of carbonyl (C=O) groups is 1. The fourth-order valence-corrected chi connectivity index (χ4v) is 2.42. The van der Waals surface area contributed by atoms with E-state index in [0.29, 0.717) is 19.2 Å². The fourth-order valence-electron chi connectivity index (χ4n) is 2.42. The van der Waals surface area contributed by atoms with Crippen LogP contribution in [0.15, 0.2) is 12.1 Å². The summed E-state index contributed by atoms with van der Waals surface area (Å²) in [5, 5.41) is 19.9. The molecule has 0 atom stereocenters. The molecule has 1 N–H and O–H groups in total. The van der Waals surface area contributed by atoms with E-state index in [9.17, 15) is 19.3 Å². The van der Waals surface area contributed by atoms with E-state index in [0.717, 1.165) is 25.7 Å². The van der Waals surface area contributed by atoms with E-state index in [1.807, 2.05) is 6.92 Å². The average molecular weight is 297 g/mol. The molecule has 7 nitrogen and oxygen atoms in total. The number of likely N-dealkylation sites (N-methyl/N-ethyl adjacent to an activating group) is 1. The standard InChI is InChI=1S/C13H16FN3O4/c1-2-15-3-5-16(6-4-15)12-7-9(13(18)19)11(17(20)21)8-10(12)14/h7-8H,2-6H2,1H3,(H,18,19). The molecule has 0 amide bonds. The molecular formula is C13H16FN3O4. The van der Waals surface area contributed by atoms with E-state index in [1.54, 1.807) is 4.90 Å². The van der Waals surface area contributed by atoms with Crippen LogP contribution in [0.3, 0.4) is 0 Å². The van der Waals surface area contributed by atoms with Gasteiger partial charge in [0.2, 0.25) is 0 Å². The summed E-state index contributed by atoms with van der Waals surface area (Å²) in [7, 11) is 0. The van der Waals surface area contributed by atoms with Gasteiger partial charge >= 0.3 is 5.97 Å². The number of nitro groups is 1. The van der Waals surface area contributed by atoms with E-state index in [-0.39, 0.29) is 5.69 Å². The molecule has 0 aliphatic carbocycles. The van der Waals surface area contributed by atoms with E-state index < -0.39 is 28.0 Å². The molecule has 8 heteroatoms. The van der Waals surface area contributed by atoms with Gasteiger partial charge in [0.1, 0.15) is 5.56 Å². The van der Waals surface area contributed by atoms with Gasteiger partial charge in [-0.1, -0.05) is 6.92 Å². The van der Waals surface area contributed by atoms with Crippen LogP contribution in [0, 0.1) is 15.9 Å². The van der Waals surface area contributed by atoms with Crippen LogP contribution >= 0.6 is 0 Å². The first-order chi connectivity index (χ1) is 9.93. The lowest BCUT2D eigenvalue weighted by Crippen LogP contribution is -2.46. The number of piperazine rings is 1. The molecule has 1 heterocycles. The predicted octanol–water partition coefficient (Wildman–Crippen LogP) is 1.57. The number of benzene rings is 1. The Labute approximate surface area is 120 Å². The van der Waals surface area contributed by atoms with Crippen LogP contribution in [0.4, 0.5) is 15.8 Å². The van der Waals surface area contributed by atoms with Gasteiger partial charge in [-0.05, 0) is 12.6 Å². The van der Waals surface area contributed by atoms with Crippen LogP contribution in [0.5, 0.6) is 0 Å². The van der Waals surface area contributed by atoms with Crippen molar-refractivity contribution in [1.82, 2.24) is 4.90 Å². The number of carboxylic acids is 1. The lowest BCUT2D eigenvalue weighted by atomic mass is 10.1. The average Bonchev–Trinajstić information content (AvgIpc) is 2.46. The summed E-state index contributed by atoms with van der Waals surface area (Å²) in [5.41, 5.74) is -1.11. The molecule has 0 bridgehead atoms. The highest BCUT2D eigenvalue weighted by Crippen LogP contribution is 2.29. The summed E-state index contributed by atoms with van der Waals surface area (Å²) in [6, 6.07) is 1.74. The van der Waals surface area contributed by atoms with Crippen molar-refractivity contribution in [2.45, 2.75) is 6.92 Å². The number of hydrogen-bond donors (Lipinski definition) is 1. The second-order valence-corrected chi connectivity index (χ2v) is 4.80. The van der Waals surface area contributed by atoms with Crippen molar-refractivity contribution in [2.75, 3.05) is 37.6 Å². The van der Waals surface area contributed by atoms with Crippen LogP contribution in [0.25, 0.3) is 0 Å². The van der Waals surface area contributed by atoms with E-state index >= 15 is 0 Å². The molecule has 1 aliphatic rings. The van der Waals surface area contributed by atoms with Crippen LogP contribution in [0.1, 0.15) is 17.3 Å². The topological polar surface area (TPSA) is 86.9 Å². The van der Waals surface area contributed by atoms with E-state index in [2.05, 4.69) is 4.90 Å². The first-order valence-electron chi connectivity index (χ1n) is 6.62. The Bertz CT molecular complexity index is 571. The van der Waals surface area contributed by atoms with Crippen molar-refractivity contribution >= 4 is 17.3 Å². The second-order valence-electron chi connectivity index (χ2n) is 4.80. The maximum Gasteiger partial charge on any atom is 0.342 e. The highest BCUT2D eigenvalue weighted by molar-refractivity contribution is 5.93. The van der Waals surface area contributed by atoms with Crippen molar-refractivity contribution in [3.05, 3.63) is 33.6 Å². The number of anilines is 1. The van der Waals surface area contributed by atoms with Crippen LogP contribution < -0.4 is 4.90 Å². The zero-order chi connectivity index (χ0) is 15.6. The Morgan fingerprint density at radius 2 is 2.00 bits per heavy atom. The van der Waals surface area contributed by atoms with Crippen molar-refractivity contribution in [3.63, 3.8) is 0 Å². The maximum absolute atomic E-state index is 14.1. The van der Waals surface area contributed by atoms with Gasteiger partial charge in [-0.15, -0.1) is 0 Å². The third-order valence-electron chi connectivity index (χ3n) is 3.65. The van der Waals surface area contributed by atoms with Gasteiger partial charge in [-0.3, -0.25) is 10.1 Å². The summed E-state index contributed by atoms with van der Waals surface area (Å²) in [4.78, 5) is 24.9. The van der Waals surface area contributed by atoms with Crippen LogP contribution in [-0.4, -0.2) is 53.6 Å². The third-order valence-corrected chi connectivity index (χ3v) is 3.65.